The number of amides is 2. The van der Waals surface area contributed by atoms with Crippen LogP contribution >= 0.6 is 22.9 Å². The minimum atomic E-state index is -0.741. The number of benzene rings is 1. The number of halogens is 1. The predicted molar refractivity (Wildman–Crippen MR) is 99.8 cm³/mol. The predicted octanol–water partition coefficient (Wildman–Crippen LogP) is 2.60. The number of nitrogens with one attached hydrogen (secondary N) is 2. The number of hydrogen-bond acceptors (Lipinski definition) is 4. The van der Waals surface area contributed by atoms with E-state index in [9.17, 15) is 9.59 Å². The third kappa shape index (κ3) is 7.55. The van der Waals surface area contributed by atoms with E-state index in [1.807, 2.05) is 12.1 Å². The molecule has 6 nitrogen and oxygen atoms in total. The lowest BCUT2D eigenvalue weighted by molar-refractivity contribution is -0.120. The van der Waals surface area contributed by atoms with Gasteiger partial charge in [-0.2, -0.15) is 0 Å². The molecule has 0 unspecified atom stereocenters. The van der Waals surface area contributed by atoms with E-state index in [2.05, 4.69) is 14.8 Å². The van der Waals surface area contributed by atoms with E-state index in [1.54, 1.807) is 55.8 Å². The highest BCUT2D eigenvalue weighted by Crippen LogP contribution is 2.14. The summed E-state index contributed by atoms with van der Waals surface area (Å²) in [4.78, 5) is 23.9. The summed E-state index contributed by atoms with van der Waals surface area (Å²) in [7, 11) is 0. The molecule has 1 rings (SSSR count). The molecule has 1 atom stereocenters. The Labute approximate surface area is 156 Å². The highest BCUT2D eigenvalue weighted by molar-refractivity contribution is 14.1. The first-order valence-electron chi connectivity index (χ1n) is 7.30. The van der Waals surface area contributed by atoms with Gasteiger partial charge in [0.1, 0.15) is 24.0 Å². The van der Waals surface area contributed by atoms with Crippen LogP contribution in [0.4, 0.5) is 4.79 Å². The van der Waals surface area contributed by atoms with Gasteiger partial charge in [0, 0.05) is 6.42 Å². The molecule has 0 spiro atoms. The molecule has 0 aliphatic rings. The molecule has 0 fully saturated rings. The zero-order valence-electron chi connectivity index (χ0n) is 13.9. The first-order valence-corrected chi connectivity index (χ1v) is 8.38. The van der Waals surface area contributed by atoms with Gasteiger partial charge in [0.2, 0.25) is 0 Å². The van der Waals surface area contributed by atoms with Gasteiger partial charge in [-0.05, 0) is 38.5 Å². The van der Waals surface area contributed by atoms with Crippen molar-refractivity contribution in [3.63, 3.8) is 0 Å². The zero-order valence-corrected chi connectivity index (χ0v) is 16.0. The van der Waals surface area contributed by atoms with Gasteiger partial charge in [0.05, 0.1) is 22.9 Å². The fourth-order valence-electron chi connectivity index (χ4n) is 1.81. The zero-order chi connectivity index (χ0) is 18.2. The van der Waals surface area contributed by atoms with Gasteiger partial charge in [-0.1, -0.05) is 18.1 Å². The third-order valence-corrected chi connectivity index (χ3v) is 3.32. The molecule has 1 aromatic carbocycles. The lowest BCUT2D eigenvalue weighted by atomic mass is 10.1. The van der Waals surface area contributed by atoms with Crippen LogP contribution in [-0.4, -0.2) is 30.3 Å². The van der Waals surface area contributed by atoms with Gasteiger partial charge in [0.25, 0.3) is 5.91 Å². The number of rotatable bonds is 6. The first kappa shape index (κ1) is 20.1. The van der Waals surface area contributed by atoms with Crippen molar-refractivity contribution >= 4 is 34.9 Å². The normalized spacial score (nSPS) is 11.8. The van der Waals surface area contributed by atoms with E-state index in [0.29, 0.717) is 12.2 Å². The second-order valence-electron chi connectivity index (χ2n) is 6.00. The number of hydrogen-bond donors (Lipinski definition) is 2. The largest absolute Gasteiger partial charge is 0.481 e. The van der Waals surface area contributed by atoms with Crippen molar-refractivity contribution in [2.24, 2.45) is 0 Å². The number of carbonyl (C=O) groups excluding carboxylic acids is 2. The van der Waals surface area contributed by atoms with Gasteiger partial charge < -0.3 is 14.8 Å². The maximum atomic E-state index is 12.0. The molecule has 2 amide bonds. The van der Waals surface area contributed by atoms with Crippen LogP contribution in [0.5, 0.6) is 5.75 Å². The van der Waals surface area contributed by atoms with E-state index in [4.69, 9.17) is 15.9 Å². The molecular weight excluding hydrogens is 423 g/mol. The highest BCUT2D eigenvalue weighted by Gasteiger charge is 2.24. The fraction of sp³-hybridized carbons (Fsp3) is 0.412. The van der Waals surface area contributed by atoms with Gasteiger partial charge in [-0.25, -0.2) is 4.79 Å². The average Bonchev–Trinajstić information content (AvgIpc) is 2.51. The van der Waals surface area contributed by atoms with Crippen molar-refractivity contribution in [3.8, 4) is 18.1 Å². The summed E-state index contributed by atoms with van der Waals surface area (Å²) >= 11 is 1.74. The van der Waals surface area contributed by atoms with Crippen molar-refractivity contribution in [2.75, 3.05) is 6.61 Å². The van der Waals surface area contributed by atoms with Crippen molar-refractivity contribution in [2.45, 2.75) is 38.8 Å². The Morgan fingerprint density at radius 1 is 1.29 bits per heavy atom. The van der Waals surface area contributed by atoms with Gasteiger partial charge >= 0.3 is 6.09 Å². The second-order valence-corrected chi connectivity index (χ2v) is 6.54. The second kappa shape index (κ2) is 9.37. The van der Waals surface area contributed by atoms with Crippen molar-refractivity contribution in [3.05, 3.63) is 29.8 Å². The quantitative estimate of drug-likeness (QED) is 0.402. The lowest BCUT2D eigenvalue weighted by Crippen LogP contribution is -2.47. The molecule has 0 saturated heterocycles. The Hall–Kier alpha value is -1.95. The van der Waals surface area contributed by atoms with Gasteiger partial charge in [-0.15, -0.1) is 6.42 Å². The lowest BCUT2D eigenvalue weighted by Gasteiger charge is -2.22. The minimum Gasteiger partial charge on any atom is -0.481 e. The summed E-state index contributed by atoms with van der Waals surface area (Å²) in [6.07, 6.45) is 4.82. The average molecular weight is 444 g/mol. The molecule has 2 N–H and O–H groups in total. The van der Waals surface area contributed by atoms with E-state index < -0.39 is 17.7 Å². The van der Waals surface area contributed by atoms with E-state index in [1.165, 1.54) is 0 Å². The van der Waals surface area contributed by atoms with Crippen LogP contribution in [0, 0.1) is 12.3 Å². The summed E-state index contributed by atoms with van der Waals surface area (Å²) in [6.45, 7) is 5.47. The molecule has 0 aromatic heterocycles. The Balaban J connectivity index is 2.74. The first-order chi connectivity index (χ1) is 11.2. The SMILES string of the molecule is C#CCOc1ccc(C[C@H](NC(=O)OC(C)(C)C)C(=O)NI)cc1. The van der Waals surface area contributed by atoms with Crippen molar-refractivity contribution in [1.82, 2.24) is 8.85 Å². The van der Waals surface area contributed by atoms with Crippen LogP contribution in [0.2, 0.25) is 0 Å². The molecule has 0 aliphatic carbocycles. The summed E-state index contributed by atoms with van der Waals surface area (Å²) in [5.74, 6) is 2.72. The van der Waals surface area contributed by atoms with Crippen molar-refractivity contribution < 1.29 is 19.1 Å². The standard InChI is InChI=1S/C17H21IN2O4/c1-5-10-23-13-8-6-12(7-9-13)11-14(15(21)20-18)19-16(22)24-17(2,3)4/h1,6-9,14H,10-11H2,2-4H3,(H,19,22)(H,20,21)/t14-/m0/s1. The van der Waals surface area contributed by atoms with Crippen molar-refractivity contribution in [1.29, 1.82) is 0 Å². The molecule has 0 heterocycles. The van der Waals surface area contributed by atoms with Crippen LogP contribution in [0.1, 0.15) is 26.3 Å². The Morgan fingerprint density at radius 2 is 1.92 bits per heavy atom. The van der Waals surface area contributed by atoms with E-state index in [0.717, 1.165) is 5.56 Å². The summed E-state index contributed by atoms with van der Waals surface area (Å²) in [5.41, 5.74) is 0.231. The monoisotopic (exact) mass is 444 g/mol. The highest BCUT2D eigenvalue weighted by atomic mass is 127. The Kier molecular flexibility index (Phi) is 7.85. The molecule has 0 aliphatic heterocycles. The molecule has 1 aromatic rings. The van der Waals surface area contributed by atoms with Gasteiger partial charge in [0.15, 0.2) is 0 Å². The van der Waals surface area contributed by atoms with E-state index >= 15 is 0 Å². The number of alkyl carbamates (subject to hydrolysis) is 1. The molecular formula is C17H21IN2O4. The maximum absolute atomic E-state index is 12.0. The topological polar surface area (TPSA) is 76.7 Å². The van der Waals surface area contributed by atoms with E-state index in [-0.39, 0.29) is 12.5 Å². The molecule has 7 heteroatoms. The van der Waals surface area contributed by atoms with Crippen LogP contribution in [0.15, 0.2) is 24.3 Å². The molecule has 24 heavy (non-hydrogen) atoms. The maximum Gasteiger partial charge on any atom is 0.408 e. The summed E-state index contributed by atoms with van der Waals surface area (Å²) in [5, 5.41) is 2.59. The molecule has 0 bridgehead atoms. The van der Waals surface area contributed by atoms with Crippen LogP contribution in [0.3, 0.4) is 0 Å². The molecule has 130 valence electrons. The Bertz CT molecular complexity index is 603. The minimum absolute atomic E-state index is 0.194. The number of carbonyl (C=O) groups is 2. The van der Waals surface area contributed by atoms with Crippen LogP contribution < -0.4 is 13.6 Å². The van der Waals surface area contributed by atoms with Gasteiger partial charge in [-0.3, -0.25) is 8.32 Å². The summed E-state index contributed by atoms with van der Waals surface area (Å²) < 4.78 is 13.0. The third-order valence-electron chi connectivity index (χ3n) is 2.79. The smallest absolute Gasteiger partial charge is 0.408 e. The Morgan fingerprint density at radius 3 is 2.42 bits per heavy atom. The van der Waals surface area contributed by atoms with Crippen LogP contribution in [0.25, 0.3) is 0 Å². The number of terminal acetylenes is 1. The summed E-state index contributed by atoms with van der Waals surface area (Å²) in [6, 6.07) is 6.42. The fourth-order valence-corrected chi connectivity index (χ4v) is 2.18. The van der Waals surface area contributed by atoms with Crippen LogP contribution in [-0.2, 0) is 16.0 Å². The molecule has 0 radical (unpaired) electrons. The number of ether oxygens (including phenoxy) is 2. The molecule has 0 saturated carbocycles.